The first-order chi connectivity index (χ1) is 35.3. The van der Waals surface area contributed by atoms with Gasteiger partial charge in [-0.1, -0.05) is 88.0 Å². The number of H-pyrrole nitrogens is 1. The molecule has 73 heavy (non-hydrogen) atoms. The van der Waals surface area contributed by atoms with E-state index in [1.54, 1.807) is 64.2 Å². The van der Waals surface area contributed by atoms with Crippen molar-refractivity contribution in [1.82, 2.24) is 4.98 Å². The molecule has 1 aromatic heterocycles. The number of aliphatic hydroxyl groups excluding tert-OH is 4. The van der Waals surface area contributed by atoms with Crippen molar-refractivity contribution in [3.05, 3.63) is 159 Å². The number of hydrogen-bond donors (Lipinski definition) is 9. The number of nitrogens with one attached hydrogen (secondary N) is 1. The number of aryl methyl sites for hydroxylation is 2. The number of hydrogen-bond acceptors (Lipinski definition) is 13. The standard InChI is InChI=1S/C59H69N3O9S2/c60-58(61)49-29-42-6-3-7-52-47(18-23-62-52)55(69)31-50-48(42)30-43(49)35-72-73-36-44-32-59(33-56(44)70,21-16-38(26-46(66)34-64)8-12-40-4-1-2-5-41(40)19-24-63)22-17-45(65)13-9-37-11-15-54(68)57(28-37)71-25-20-39-10-14-53(67)51(50)27-39/h1-2,4-5,10-11,14-15,17-18,22-23,27-30,38,44,46,50,56,58,62-64,66-68,70H,7-9,12-13,16,19-21,24-26,31-36,60-61H2/b22-17-/t38-,44-,46-,50+,56+,59-/m0/s1. The van der Waals surface area contributed by atoms with E-state index < -0.39 is 29.7 Å². The molecule has 0 radical (unpaired) electrons. The van der Waals surface area contributed by atoms with Crippen LogP contribution in [0.4, 0.5) is 0 Å². The average molecular weight is 1030 g/mol. The zero-order chi connectivity index (χ0) is 51.5. The van der Waals surface area contributed by atoms with Crippen LogP contribution in [-0.4, -0.2) is 85.0 Å². The van der Waals surface area contributed by atoms with Crippen molar-refractivity contribution in [3.63, 3.8) is 0 Å². The van der Waals surface area contributed by atoms with Crippen molar-refractivity contribution < 1.29 is 45.0 Å². The fraction of sp³-hybridized carbons (Fsp3) is 0.424. The second-order valence-electron chi connectivity index (χ2n) is 20.2. The van der Waals surface area contributed by atoms with Gasteiger partial charge in [0.2, 0.25) is 0 Å². The number of ketones is 2. The summed E-state index contributed by atoms with van der Waals surface area (Å²) in [5, 5.41) is 64.6. The highest BCUT2D eigenvalue weighted by Gasteiger charge is 2.43. The highest BCUT2D eigenvalue weighted by Crippen LogP contribution is 2.50. The molecular formula is C59H69N3O9S2. The van der Waals surface area contributed by atoms with Crippen LogP contribution in [0.2, 0.25) is 0 Å². The molecule has 3 aliphatic rings. The smallest absolute Gasteiger partial charge is 0.165 e. The van der Waals surface area contributed by atoms with E-state index in [1.165, 1.54) is 0 Å². The Morgan fingerprint density at radius 3 is 2.42 bits per heavy atom. The van der Waals surface area contributed by atoms with E-state index in [4.69, 9.17) is 16.2 Å². The first-order valence-corrected chi connectivity index (χ1v) is 28.0. The number of ether oxygens (including phenoxy) is 1. The molecule has 0 amide bonds. The lowest BCUT2D eigenvalue weighted by atomic mass is 9.76. The zero-order valence-corrected chi connectivity index (χ0v) is 42.9. The molecule has 1 aliphatic heterocycles. The lowest BCUT2D eigenvalue weighted by molar-refractivity contribution is -0.114. The van der Waals surface area contributed by atoms with Gasteiger partial charge in [0.25, 0.3) is 0 Å². The molecule has 0 unspecified atom stereocenters. The molecule has 8 bridgehead atoms. The second-order valence-corrected chi connectivity index (χ2v) is 22.7. The molecule has 2 aliphatic carbocycles. The monoisotopic (exact) mass is 1030 g/mol. The molecule has 5 aromatic rings. The minimum Gasteiger partial charge on any atom is -0.508 e. The molecule has 1 fully saturated rings. The molecular weight excluding hydrogens is 959 g/mol. The van der Waals surface area contributed by atoms with Crippen LogP contribution in [0.25, 0.3) is 0 Å². The third-order valence-corrected chi connectivity index (χ3v) is 17.5. The Kier molecular flexibility index (Phi) is 18.7. The summed E-state index contributed by atoms with van der Waals surface area (Å²) >= 11 is 0. The molecule has 0 saturated heterocycles. The summed E-state index contributed by atoms with van der Waals surface area (Å²) in [5.41, 5.74) is 21.3. The Morgan fingerprint density at radius 2 is 1.64 bits per heavy atom. The summed E-state index contributed by atoms with van der Waals surface area (Å²) < 4.78 is 6.16. The van der Waals surface area contributed by atoms with E-state index in [-0.39, 0.29) is 73.3 Å². The summed E-state index contributed by atoms with van der Waals surface area (Å²) in [6.07, 6.45) is 9.55. The maximum absolute atomic E-state index is 14.3. The molecule has 14 heteroatoms. The number of aromatic nitrogens is 1. The normalized spacial score (nSPS) is 21.9. The van der Waals surface area contributed by atoms with Crippen LogP contribution in [0.3, 0.4) is 0 Å². The van der Waals surface area contributed by atoms with Crippen molar-refractivity contribution in [3.8, 4) is 29.1 Å². The topological polar surface area (TPSA) is 233 Å². The third kappa shape index (κ3) is 13.9. The maximum atomic E-state index is 14.3. The van der Waals surface area contributed by atoms with Gasteiger partial charge in [0.1, 0.15) is 5.75 Å². The van der Waals surface area contributed by atoms with E-state index in [2.05, 4.69) is 22.9 Å². The van der Waals surface area contributed by atoms with Crippen molar-refractivity contribution in [2.75, 3.05) is 25.6 Å². The Labute approximate surface area is 436 Å². The molecule has 11 N–H and O–H groups in total. The number of fused-ring (bicyclic) bond motifs is 9. The van der Waals surface area contributed by atoms with E-state index in [1.807, 2.05) is 48.5 Å². The average Bonchev–Trinajstić information content (AvgIpc) is 3.99. The molecule has 1 saturated carbocycles. The summed E-state index contributed by atoms with van der Waals surface area (Å²) in [4.78, 5) is 31.2. The van der Waals surface area contributed by atoms with Crippen molar-refractivity contribution in [1.29, 1.82) is 0 Å². The molecule has 2 heterocycles. The second kappa shape index (κ2) is 25.3. The number of aromatic hydroxyl groups is 2. The Balaban J connectivity index is 1.11. The largest absolute Gasteiger partial charge is 0.508 e. The van der Waals surface area contributed by atoms with Gasteiger partial charge in [0.15, 0.2) is 23.1 Å². The van der Waals surface area contributed by atoms with Gasteiger partial charge in [-0.25, -0.2) is 0 Å². The predicted molar refractivity (Wildman–Crippen MR) is 289 cm³/mol. The number of Topliss-reactive ketones (excluding diaryl/α,β-unsaturated/α-hetero) is 1. The highest BCUT2D eigenvalue weighted by molar-refractivity contribution is 8.76. The number of aromatic amines is 1. The number of aliphatic hydroxyl groups is 4. The van der Waals surface area contributed by atoms with Gasteiger partial charge in [-0.3, -0.25) is 9.59 Å². The highest BCUT2D eigenvalue weighted by atomic mass is 33.1. The molecule has 386 valence electrons. The van der Waals surface area contributed by atoms with Gasteiger partial charge in [-0.15, -0.1) is 0 Å². The Hall–Kier alpha value is -5.34. The number of allylic oxidation sites excluding steroid dienone is 2. The van der Waals surface area contributed by atoms with Gasteiger partial charge < -0.3 is 51.8 Å². The van der Waals surface area contributed by atoms with Crippen LogP contribution in [0.15, 0.2) is 97.2 Å². The zero-order valence-electron chi connectivity index (χ0n) is 41.3. The van der Waals surface area contributed by atoms with Crippen LogP contribution in [0.1, 0.15) is 130 Å². The van der Waals surface area contributed by atoms with Crippen LogP contribution >= 0.6 is 21.6 Å². The minimum absolute atomic E-state index is 0.0280. The van der Waals surface area contributed by atoms with Crippen LogP contribution < -0.4 is 16.2 Å². The first kappa shape index (κ1) is 53.9. The summed E-state index contributed by atoms with van der Waals surface area (Å²) in [5.74, 6) is 7.29. The summed E-state index contributed by atoms with van der Waals surface area (Å²) in [6, 6.07) is 24.3. The summed E-state index contributed by atoms with van der Waals surface area (Å²) in [6.45, 7) is -0.0917. The number of rotatable bonds is 12. The van der Waals surface area contributed by atoms with Crippen molar-refractivity contribution >= 4 is 33.2 Å². The van der Waals surface area contributed by atoms with Crippen LogP contribution in [0, 0.1) is 29.1 Å². The SMILES string of the molecule is NC(N)c1cc2c3cc1CSSC[C@@H]1C[C@](CC[C@H](CCc4ccccc4CCO)C[C@H](O)CO)(/C=C\C(=O)CCc4ccc(O)c(c4)OCCc4ccc(O)c(c4)[C@@H]3CC(=O)c3cc[nH]c3CC#C2)C[C@H]1O. The molecule has 0 spiro atoms. The van der Waals surface area contributed by atoms with Crippen LogP contribution in [0.5, 0.6) is 17.2 Å². The predicted octanol–water partition coefficient (Wildman–Crippen LogP) is 8.29. The van der Waals surface area contributed by atoms with Gasteiger partial charge >= 0.3 is 0 Å². The number of benzene rings is 4. The molecule has 4 aromatic carbocycles. The van der Waals surface area contributed by atoms with Gasteiger partial charge in [-0.2, -0.15) is 0 Å². The molecule has 12 nitrogen and oxygen atoms in total. The summed E-state index contributed by atoms with van der Waals surface area (Å²) in [7, 11) is 3.28. The number of carbonyl (C=O) groups is 2. The van der Waals surface area contributed by atoms with Gasteiger partial charge in [0, 0.05) is 71.9 Å². The lowest BCUT2D eigenvalue weighted by Gasteiger charge is -2.29. The van der Waals surface area contributed by atoms with E-state index in [0.29, 0.717) is 86.0 Å². The number of phenols is 2. The lowest BCUT2D eigenvalue weighted by Crippen LogP contribution is -2.22. The van der Waals surface area contributed by atoms with E-state index in [0.717, 1.165) is 57.5 Å². The first-order valence-electron chi connectivity index (χ1n) is 25.6. The van der Waals surface area contributed by atoms with Gasteiger partial charge in [0.05, 0.1) is 38.0 Å². The number of carbonyl (C=O) groups excluding carboxylic acids is 2. The van der Waals surface area contributed by atoms with Crippen LogP contribution in [-0.2, 0) is 42.7 Å². The number of phenolic OH excluding ortho intramolecular Hbond substituents is 2. The Bertz CT molecular complexity index is 2820. The fourth-order valence-corrected chi connectivity index (χ4v) is 13.5. The van der Waals surface area contributed by atoms with Crippen molar-refractivity contribution in [2.45, 2.75) is 114 Å². The fourth-order valence-electron chi connectivity index (χ4n) is 11.0. The quantitative estimate of drug-likeness (QED) is 0.0326. The third-order valence-electron chi connectivity index (χ3n) is 15.1. The van der Waals surface area contributed by atoms with E-state index in [9.17, 15) is 40.2 Å². The Morgan fingerprint density at radius 1 is 0.863 bits per heavy atom. The van der Waals surface area contributed by atoms with Crippen molar-refractivity contribution in [2.24, 2.45) is 28.7 Å². The number of nitrogens with two attached hydrogens (primary N) is 2. The minimum atomic E-state index is -0.876. The molecule has 8 rings (SSSR count). The van der Waals surface area contributed by atoms with E-state index >= 15 is 0 Å². The van der Waals surface area contributed by atoms with Gasteiger partial charge in [-0.05, 0) is 150 Å². The maximum Gasteiger partial charge on any atom is 0.165 e. The molecule has 6 atom stereocenters.